The van der Waals surface area contributed by atoms with E-state index in [0.717, 1.165) is 24.3 Å². The van der Waals surface area contributed by atoms with Gasteiger partial charge in [0.15, 0.2) is 5.17 Å². The molecule has 0 spiro atoms. The first-order valence-corrected chi connectivity index (χ1v) is 9.04. The quantitative estimate of drug-likeness (QED) is 0.333. The third-order valence-electron chi connectivity index (χ3n) is 3.65. The molecule has 1 aliphatic heterocycles. The number of ether oxygens (including phenoxy) is 2. The van der Waals surface area contributed by atoms with Crippen LogP contribution in [-0.2, 0) is 25.7 Å². The summed E-state index contributed by atoms with van der Waals surface area (Å²) in [7, 11) is 1.22. The number of esters is 1. The van der Waals surface area contributed by atoms with Crippen LogP contribution in [0.5, 0.6) is 0 Å². The van der Waals surface area contributed by atoms with Crippen molar-refractivity contribution in [2.24, 2.45) is 10.2 Å². The van der Waals surface area contributed by atoms with Gasteiger partial charge in [-0.15, -0.1) is 5.10 Å². The van der Waals surface area contributed by atoms with Gasteiger partial charge in [-0.1, -0.05) is 13.0 Å². The Hall–Kier alpha value is -2.52. The van der Waals surface area contributed by atoms with Gasteiger partial charge in [0.2, 0.25) is 0 Å². The highest BCUT2D eigenvalue weighted by Gasteiger charge is 2.25. The number of nitrogens with one attached hydrogen (secondary N) is 1. The minimum absolute atomic E-state index is 0.0587. The maximum absolute atomic E-state index is 13.5. The zero-order valence-corrected chi connectivity index (χ0v) is 16.0. The van der Waals surface area contributed by atoms with Gasteiger partial charge < -0.3 is 9.47 Å². The van der Waals surface area contributed by atoms with Crippen LogP contribution in [0.1, 0.15) is 31.4 Å². The number of amidine groups is 1. The maximum atomic E-state index is 13.5. The average molecular weight is 393 g/mol. The predicted molar refractivity (Wildman–Crippen MR) is 102 cm³/mol. The molecule has 1 amide bonds. The van der Waals surface area contributed by atoms with Crippen molar-refractivity contribution >= 4 is 35.0 Å². The van der Waals surface area contributed by atoms with Crippen LogP contribution < -0.4 is 5.32 Å². The summed E-state index contributed by atoms with van der Waals surface area (Å²) in [6.45, 7) is 4.20. The van der Waals surface area contributed by atoms with E-state index >= 15 is 0 Å². The first-order chi connectivity index (χ1) is 12.9. The summed E-state index contributed by atoms with van der Waals surface area (Å²) in [5.74, 6) is -1.45. The van der Waals surface area contributed by atoms with Crippen molar-refractivity contribution in [3.05, 3.63) is 46.1 Å². The predicted octanol–water partition coefficient (Wildman–Crippen LogP) is 2.75. The van der Waals surface area contributed by atoms with Crippen LogP contribution in [0.25, 0.3) is 0 Å². The van der Waals surface area contributed by atoms with Gasteiger partial charge >= 0.3 is 5.97 Å². The Labute approximate surface area is 160 Å². The molecule has 144 valence electrons. The summed E-state index contributed by atoms with van der Waals surface area (Å²) in [6, 6.07) is 4.29. The topological polar surface area (TPSA) is 89.4 Å². The van der Waals surface area contributed by atoms with Crippen LogP contribution >= 0.6 is 11.8 Å². The Bertz CT molecular complexity index is 808. The normalized spacial score (nSPS) is 18.3. The molecule has 1 heterocycles. The number of hydrogen-bond donors (Lipinski definition) is 1. The monoisotopic (exact) mass is 393 g/mol. The lowest BCUT2D eigenvalue weighted by atomic mass is 10.1. The summed E-state index contributed by atoms with van der Waals surface area (Å²) < 4.78 is 23.7. The highest BCUT2D eigenvalue weighted by Crippen LogP contribution is 2.23. The third kappa shape index (κ3) is 6.30. The largest absolute Gasteiger partial charge is 0.466 e. The molecular weight excluding hydrogens is 373 g/mol. The lowest BCUT2D eigenvalue weighted by Crippen LogP contribution is -2.19. The smallest absolute Gasteiger partial charge is 0.331 e. The van der Waals surface area contributed by atoms with Crippen molar-refractivity contribution < 1.29 is 23.5 Å². The van der Waals surface area contributed by atoms with E-state index in [4.69, 9.17) is 4.74 Å². The summed E-state index contributed by atoms with van der Waals surface area (Å²) in [5.41, 5.74) is 1.30. The van der Waals surface area contributed by atoms with Gasteiger partial charge in [0.25, 0.3) is 5.91 Å². The Balaban J connectivity index is 2.10. The standard InChI is InChI=1S/C18H20FN3O4S/c1-4-11(2)26-10-13-7-14(19)6-5-12(13)9-20-22-18-21-17(24)15(27-18)8-16(23)25-3/h5-9,11H,4,10H2,1-3H3,(H,21,22,24)/b15-8+,20-9?. The van der Waals surface area contributed by atoms with Gasteiger partial charge in [0, 0.05) is 11.6 Å². The van der Waals surface area contributed by atoms with E-state index in [0.29, 0.717) is 11.1 Å². The number of amides is 1. The van der Waals surface area contributed by atoms with Crippen LogP contribution in [-0.4, -0.2) is 36.5 Å². The van der Waals surface area contributed by atoms with E-state index in [1.165, 1.54) is 25.5 Å². The molecule has 0 saturated carbocycles. The van der Waals surface area contributed by atoms with Gasteiger partial charge in [0.1, 0.15) is 5.82 Å². The van der Waals surface area contributed by atoms with Gasteiger partial charge in [0.05, 0.1) is 30.9 Å². The SMILES string of the molecule is CCC(C)OCc1cc(F)ccc1C=N/N=C1/NC(=O)/C(=C\C(=O)OC)S1. The second-order valence-corrected chi connectivity index (χ2v) is 6.64. The molecule has 1 saturated heterocycles. The zero-order valence-electron chi connectivity index (χ0n) is 15.2. The maximum Gasteiger partial charge on any atom is 0.331 e. The number of hydrogen-bond acceptors (Lipinski definition) is 7. The van der Waals surface area contributed by atoms with Crippen LogP contribution in [0.15, 0.2) is 39.4 Å². The Kier molecular flexibility index (Phi) is 7.68. The number of benzene rings is 1. The van der Waals surface area contributed by atoms with Gasteiger partial charge in [-0.25, -0.2) is 9.18 Å². The van der Waals surface area contributed by atoms with Crippen molar-refractivity contribution in [3.8, 4) is 0 Å². The fourth-order valence-electron chi connectivity index (χ4n) is 1.96. The molecule has 1 unspecified atom stereocenters. The van der Waals surface area contributed by atoms with E-state index in [9.17, 15) is 14.0 Å². The highest BCUT2D eigenvalue weighted by molar-refractivity contribution is 8.18. The van der Waals surface area contributed by atoms with Crippen molar-refractivity contribution in [2.45, 2.75) is 33.0 Å². The molecule has 1 fully saturated rings. The average Bonchev–Trinajstić information content (AvgIpc) is 3.00. The fourth-order valence-corrected chi connectivity index (χ4v) is 2.70. The van der Waals surface area contributed by atoms with E-state index in [1.807, 2.05) is 13.8 Å². The molecule has 2 rings (SSSR count). The van der Waals surface area contributed by atoms with Crippen molar-refractivity contribution in [3.63, 3.8) is 0 Å². The molecule has 1 aromatic carbocycles. The Morgan fingerprint density at radius 1 is 1.44 bits per heavy atom. The molecule has 1 atom stereocenters. The fraction of sp³-hybridized carbons (Fsp3) is 0.333. The number of nitrogens with zero attached hydrogens (tertiary/aromatic N) is 2. The first-order valence-electron chi connectivity index (χ1n) is 8.22. The lowest BCUT2D eigenvalue weighted by Gasteiger charge is -2.12. The van der Waals surface area contributed by atoms with Crippen LogP contribution in [0.2, 0.25) is 0 Å². The number of carbonyl (C=O) groups excluding carboxylic acids is 2. The molecule has 0 aliphatic carbocycles. The van der Waals surface area contributed by atoms with Crippen molar-refractivity contribution in [2.75, 3.05) is 7.11 Å². The molecule has 7 nitrogen and oxygen atoms in total. The summed E-state index contributed by atoms with van der Waals surface area (Å²) in [6.07, 6.45) is 3.45. The molecule has 0 radical (unpaired) electrons. The van der Waals surface area contributed by atoms with Gasteiger partial charge in [-0.2, -0.15) is 5.10 Å². The van der Waals surface area contributed by atoms with Gasteiger partial charge in [-0.3, -0.25) is 10.1 Å². The third-order valence-corrected chi connectivity index (χ3v) is 4.55. The Morgan fingerprint density at radius 2 is 2.22 bits per heavy atom. The number of rotatable bonds is 7. The van der Waals surface area contributed by atoms with E-state index in [-0.39, 0.29) is 28.6 Å². The zero-order chi connectivity index (χ0) is 19.8. The van der Waals surface area contributed by atoms with E-state index in [1.54, 1.807) is 6.07 Å². The molecule has 0 bridgehead atoms. The van der Waals surface area contributed by atoms with Crippen LogP contribution in [0.4, 0.5) is 4.39 Å². The molecule has 0 aromatic heterocycles. The second-order valence-electron chi connectivity index (χ2n) is 5.61. The Morgan fingerprint density at radius 3 is 2.93 bits per heavy atom. The number of halogens is 1. The second kappa shape index (κ2) is 9.98. The van der Waals surface area contributed by atoms with Crippen molar-refractivity contribution in [1.29, 1.82) is 0 Å². The van der Waals surface area contributed by atoms with Crippen LogP contribution in [0.3, 0.4) is 0 Å². The summed E-state index contributed by atoms with van der Waals surface area (Å²) in [4.78, 5) is 23.1. The molecule has 27 heavy (non-hydrogen) atoms. The van der Waals surface area contributed by atoms with Crippen LogP contribution in [0, 0.1) is 5.82 Å². The minimum Gasteiger partial charge on any atom is -0.466 e. The number of methoxy groups -OCH3 is 1. The lowest BCUT2D eigenvalue weighted by molar-refractivity contribution is -0.135. The molecular formula is C18H20FN3O4S. The molecule has 1 N–H and O–H groups in total. The van der Waals surface area contributed by atoms with E-state index < -0.39 is 11.9 Å². The highest BCUT2D eigenvalue weighted by atomic mass is 32.2. The molecule has 1 aliphatic rings. The molecule has 1 aromatic rings. The number of carbonyl (C=O) groups is 2. The van der Waals surface area contributed by atoms with E-state index in [2.05, 4.69) is 20.3 Å². The van der Waals surface area contributed by atoms with Gasteiger partial charge in [-0.05, 0) is 42.8 Å². The summed E-state index contributed by atoms with van der Waals surface area (Å²) >= 11 is 0.973. The first kappa shape index (κ1) is 20.8. The summed E-state index contributed by atoms with van der Waals surface area (Å²) in [5, 5.41) is 10.6. The minimum atomic E-state index is -0.630. The number of thioether (sulfide) groups is 1. The van der Waals surface area contributed by atoms with Crippen molar-refractivity contribution in [1.82, 2.24) is 5.32 Å². The molecule has 9 heteroatoms.